The van der Waals surface area contributed by atoms with Gasteiger partial charge in [0.05, 0.1) is 33.8 Å². The smallest absolute Gasteiger partial charge is 0.306 e. The van der Waals surface area contributed by atoms with Crippen LogP contribution >= 0.6 is 7.82 Å². The number of hydrogen-bond donors (Lipinski definition) is 1. The van der Waals surface area contributed by atoms with Crippen LogP contribution in [0.4, 0.5) is 0 Å². The summed E-state index contributed by atoms with van der Waals surface area (Å²) in [6.07, 6.45) is 79.5. The van der Waals surface area contributed by atoms with Crippen LogP contribution in [0.3, 0.4) is 0 Å². The molecule has 0 aliphatic rings. The van der Waals surface area contributed by atoms with Gasteiger partial charge in [-0.15, -0.1) is 0 Å². The van der Waals surface area contributed by atoms with Crippen LogP contribution in [0.25, 0.3) is 0 Å². The summed E-state index contributed by atoms with van der Waals surface area (Å²) < 4.78 is 30.4. The van der Waals surface area contributed by atoms with Gasteiger partial charge in [0.1, 0.15) is 19.3 Å². The molecule has 10 heteroatoms. The van der Waals surface area contributed by atoms with Gasteiger partial charge in [-0.25, -0.2) is 0 Å². The normalized spacial score (nSPS) is 13.8. The molecule has 0 saturated carbocycles. The second kappa shape index (κ2) is 63.0. The van der Waals surface area contributed by atoms with Crippen LogP contribution in [-0.2, 0) is 27.9 Å². The number of unbranched alkanes of at least 4 members (excludes halogenated alkanes) is 44. The maximum atomic E-state index is 13.6. The van der Waals surface area contributed by atoms with E-state index in [2.05, 4.69) is 62.5 Å². The predicted molar refractivity (Wildman–Crippen MR) is 358 cm³/mol. The van der Waals surface area contributed by atoms with E-state index in [0.717, 1.165) is 64.2 Å². The van der Waals surface area contributed by atoms with Gasteiger partial charge in [0.15, 0.2) is 0 Å². The third-order valence-electron chi connectivity index (χ3n) is 16.2. The average Bonchev–Trinajstić information content (AvgIpc) is 3.51. The summed E-state index contributed by atoms with van der Waals surface area (Å²) >= 11 is 0. The molecule has 0 aliphatic carbocycles. The van der Waals surface area contributed by atoms with Crippen molar-refractivity contribution in [3.8, 4) is 0 Å². The zero-order valence-electron chi connectivity index (χ0n) is 55.9. The van der Waals surface area contributed by atoms with Crippen LogP contribution in [0, 0.1) is 0 Å². The van der Waals surface area contributed by atoms with Gasteiger partial charge in [-0.05, 0) is 89.5 Å². The second-order valence-corrected chi connectivity index (χ2v) is 27.1. The minimum atomic E-state index is -4.70. The molecular formula is C73H139N2O7P. The summed E-state index contributed by atoms with van der Waals surface area (Å²) in [5.74, 6) is -0.527. The van der Waals surface area contributed by atoms with E-state index < -0.39 is 20.0 Å². The van der Waals surface area contributed by atoms with Crippen molar-refractivity contribution in [2.24, 2.45) is 0 Å². The Bertz CT molecular complexity index is 1560. The number of likely N-dealkylation sites (N-methyl/N-ethyl adjacent to an activating group) is 1. The van der Waals surface area contributed by atoms with E-state index in [0.29, 0.717) is 17.4 Å². The number of carbonyl (C=O) groups is 2. The van der Waals surface area contributed by atoms with Crippen LogP contribution in [0.5, 0.6) is 0 Å². The summed E-state index contributed by atoms with van der Waals surface area (Å²) in [5, 5.41) is 3.05. The standard InChI is InChI=1S/C73H139N2O7P/c1-7-10-13-16-19-22-25-27-29-31-33-35-36-37-38-40-42-44-46-48-51-54-57-60-63-66-73(77)82-71(64-61-58-55-52-49-24-21-18-15-12-9-3)70(69-81-83(78,79)80-68-67-75(4,5)6)74-72(76)65-62-59-56-53-50-47-45-43-41-39-34-32-30-28-26-23-20-17-14-11-8-2/h19,22,27-30,61,64,70-71H,7-18,20-21,23-26,31-60,62-63,65-69H2,1-6H3,(H-,74,76,78,79)/b22-19-,29-27-,30-28+,64-61+. The van der Waals surface area contributed by atoms with Gasteiger partial charge in [0.2, 0.25) is 5.91 Å². The minimum absolute atomic E-state index is 0.0208. The third-order valence-corrected chi connectivity index (χ3v) is 17.2. The topological polar surface area (TPSA) is 114 Å². The van der Waals surface area contributed by atoms with E-state index in [1.165, 1.54) is 257 Å². The van der Waals surface area contributed by atoms with Crippen molar-refractivity contribution in [1.82, 2.24) is 5.32 Å². The van der Waals surface area contributed by atoms with Crippen LogP contribution in [-0.4, -0.2) is 69.4 Å². The molecule has 0 spiro atoms. The highest BCUT2D eigenvalue weighted by atomic mass is 31.2. The van der Waals surface area contributed by atoms with Crippen molar-refractivity contribution in [2.75, 3.05) is 40.9 Å². The number of nitrogens with one attached hydrogen (secondary N) is 1. The fourth-order valence-electron chi connectivity index (χ4n) is 10.7. The number of ether oxygens (including phenoxy) is 1. The quantitative estimate of drug-likeness (QED) is 0.0212. The highest BCUT2D eigenvalue weighted by molar-refractivity contribution is 7.45. The molecule has 0 radical (unpaired) electrons. The Morgan fingerprint density at radius 3 is 1.12 bits per heavy atom. The first-order valence-electron chi connectivity index (χ1n) is 35.9. The fraction of sp³-hybridized carbons (Fsp3) is 0.863. The number of amides is 1. The Labute approximate surface area is 516 Å². The van der Waals surface area contributed by atoms with Gasteiger partial charge >= 0.3 is 5.97 Å². The number of phosphoric acid groups is 1. The Morgan fingerprint density at radius 1 is 0.422 bits per heavy atom. The van der Waals surface area contributed by atoms with Gasteiger partial charge in [-0.3, -0.25) is 14.2 Å². The van der Waals surface area contributed by atoms with Crippen LogP contribution in [0.2, 0.25) is 0 Å². The number of carbonyl (C=O) groups excluding carboxylic acids is 2. The molecule has 0 aliphatic heterocycles. The Hall–Kier alpha value is -2.03. The predicted octanol–water partition coefficient (Wildman–Crippen LogP) is 22.2. The molecule has 1 N–H and O–H groups in total. The molecule has 0 rings (SSSR count). The summed E-state index contributed by atoms with van der Waals surface area (Å²) in [5.41, 5.74) is 0. The summed E-state index contributed by atoms with van der Waals surface area (Å²) in [7, 11) is 1.20. The molecule has 0 heterocycles. The number of phosphoric ester groups is 1. The minimum Gasteiger partial charge on any atom is -0.756 e. The summed E-state index contributed by atoms with van der Waals surface area (Å²) in [6, 6.07) is -0.887. The van der Waals surface area contributed by atoms with E-state index in [1.807, 2.05) is 33.3 Å². The van der Waals surface area contributed by atoms with E-state index in [-0.39, 0.29) is 31.5 Å². The first-order chi connectivity index (χ1) is 40.4. The lowest BCUT2D eigenvalue weighted by Crippen LogP contribution is -2.47. The summed E-state index contributed by atoms with van der Waals surface area (Å²) in [6.45, 7) is 6.86. The molecule has 0 fully saturated rings. The number of nitrogens with zero attached hydrogens (tertiary/aromatic N) is 1. The van der Waals surface area contributed by atoms with E-state index in [9.17, 15) is 19.0 Å². The Balaban J connectivity index is 4.98. The van der Waals surface area contributed by atoms with Crippen molar-refractivity contribution in [2.45, 2.75) is 367 Å². The van der Waals surface area contributed by atoms with E-state index in [1.54, 1.807) is 0 Å². The molecule has 3 atom stereocenters. The zero-order chi connectivity index (χ0) is 60.7. The first-order valence-corrected chi connectivity index (χ1v) is 37.4. The van der Waals surface area contributed by atoms with Gasteiger partial charge < -0.3 is 28.5 Å². The SMILES string of the molecule is CCCCC/C=C\C/C=C\CCCCCCCCCCCCCCCCCC(=O)OC(/C=C/CCCCCCCCCCC)C(COP(=O)([O-])OCC[N+](C)(C)C)NC(=O)CCCCCCCCCCCCC/C=C/CCCCCCCC. The molecule has 83 heavy (non-hydrogen) atoms. The number of quaternary nitrogens is 1. The van der Waals surface area contributed by atoms with Crippen LogP contribution in [0.1, 0.15) is 355 Å². The fourth-order valence-corrected chi connectivity index (χ4v) is 11.4. The highest BCUT2D eigenvalue weighted by Crippen LogP contribution is 2.38. The van der Waals surface area contributed by atoms with Crippen molar-refractivity contribution >= 4 is 19.7 Å². The van der Waals surface area contributed by atoms with Gasteiger partial charge in [0.25, 0.3) is 7.82 Å². The lowest BCUT2D eigenvalue weighted by atomic mass is 10.0. The molecule has 0 bridgehead atoms. The Kier molecular flexibility index (Phi) is 61.5. The lowest BCUT2D eigenvalue weighted by molar-refractivity contribution is -0.870. The van der Waals surface area contributed by atoms with Crippen molar-refractivity contribution in [3.05, 3.63) is 48.6 Å². The van der Waals surface area contributed by atoms with Crippen LogP contribution in [0.15, 0.2) is 48.6 Å². The number of hydrogen-bond acceptors (Lipinski definition) is 7. The molecule has 0 aromatic heterocycles. The number of allylic oxidation sites excluding steroid dienone is 7. The van der Waals surface area contributed by atoms with Crippen molar-refractivity contribution in [1.29, 1.82) is 0 Å². The van der Waals surface area contributed by atoms with Crippen molar-refractivity contribution in [3.63, 3.8) is 0 Å². The maximum Gasteiger partial charge on any atom is 0.306 e. The first kappa shape index (κ1) is 81.0. The van der Waals surface area contributed by atoms with E-state index >= 15 is 0 Å². The van der Waals surface area contributed by atoms with Crippen molar-refractivity contribution < 1.29 is 37.3 Å². The number of esters is 1. The number of rotatable bonds is 66. The molecule has 3 unspecified atom stereocenters. The summed E-state index contributed by atoms with van der Waals surface area (Å²) in [4.78, 5) is 40.2. The zero-order valence-corrected chi connectivity index (χ0v) is 56.8. The third kappa shape index (κ3) is 64.3. The lowest BCUT2D eigenvalue weighted by Gasteiger charge is -2.30. The van der Waals surface area contributed by atoms with E-state index in [4.69, 9.17) is 13.8 Å². The molecule has 488 valence electrons. The largest absolute Gasteiger partial charge is 0.756 e. The monoisotopic (exact) mass is 1190 g/mol. The molecule has 0 aromatic carbocycles. The highest BCUT2D eigenvalue weighted by Gasteiger charge is 2.27. The second-order valence-electron chi connectivity index (χ2n) is 25.7. The Morgan fingerprint density at radius 2 is 0.735 bits per heavy atom. The molecule has 0 aromatic rings. The molecule has 9 nitrogen and oxygen atoms in total. The van der Waals surface area contributed by atoms with Crippen LogP contribution < -0.4 is 10.2 Å². The van der Waals surface area contributed by atoms with Gasteiger partial charge in [-0.2, -0.15) is 0 Å². The molecule has 1 amide bonds. The average molecular weight is 1190 g/mol. The molecule has 0 saturated heterocycles. The molecular weight excluding hydrogens is 1050 g/mol. The van der Waals surface area contributed by atoms with Gasteiger partial charge in [0, 0.05) is 12.8 Å². The van der Waals surface area contributed by atoms with Gasteiger partial charge in [-0.1, -0.05) is 301 Å². The maximum absolute atomic E-state index is 13.6.